The van der Waals surface area contributed by atoms with Crippen molar-refractivity contribution in [2.24, 2.45) is 10.2 Å². The van der Waals surface area contributed by atoms with Crippen molar-refractivity contribution in [1.29, 1.82) is 0 Å². The zero-order valence-electron chi connectivity index (χ0n) is 12.5. The van der Waals surface area contributed by atoms with E-state index in [-0.39, 0.29) is 6.61 Å². The van der Waals surface area contributed by atoms with Crippen LogP contribution in [0.3, 0.4) is 0 Å². The van der Waals surface area contributed by atoms with Gasteiger partial charge >= 0.3 is 10.4 Å². The highest BCUT2D eigenvalue weighted by Crippen LogP contribution is 2.21. The predicted octanol–water partition coefficient (Wildman–Crippen LogP) is 2.30. The molecule has 0 aliphatic carbocycles. The van der Waals surface area contributed by atoms with Crippen LogP contribution < -0.4 is 4.90 Å². The van der Waals surface area contributed by atoms with Gasteiger partial charge in [0, 0.05) is 30.8 Å². The summed E-state index contributed by atoms with van der Waals surface area (Å²) in [7, 11) is -1.03. The van der Waals surface area contributed by atoms with E-state index < -0.39 is 10.4 Å². The predicted molar refractivity (Wildman–Crippen MR) is 85.7 cm³/mol. The lowest BCUT2D eigenvalue weighted by Gasteiger charge is -2.18. The summed E-state index contributed by atoms with van der Waals surface area (Å²) in [6.07, 6.45) is 1.42. The monoisotopic (exact) mass is 357 g/mol. The van der Waals surface area contributed by atoms with Gasteiger partial charge in [0.1, 0.15) is 6.33 Å². The summed E-state index contributed by atoms with van der Waals surface area (Å²) in [4.78, 5) is 5.75. The van der Waals surface area contributed by atoms with Crippen molar-refractivity contribution in [3.63, 3.8) is 0 Å². The number of nitrogens with zero attached hydrogens (tertiary/aromatic N) is 5. The van der Waals surface area contributed by atoms with Crippen LogP contribution in [0.2, 0.25) is 0 Å². The van der Waals surface area contributed by atoms with E-state index in [1.165, 1.54) is 6.33 Å². The van der Waals surface area contributed by atoms with Gasteiger partial charge in [-0.3, -0.25) is 4.18 Å². The fraction of sp³-hybridized carbons (Fsp3) is 0.333. The lowest BCUT2D eigenvalue weighted by atomic mass is 10.2. The first-order valence-corrected chi connectivity index (χ1v) is 8.55. The van der Waals surface area contributed by atoms with Crippen LogP contribution in [-0.4, -0.2) is 45.1 Å². The number of benzene rings is 1. The van der Waals surface area contributed by atoms with Gasteiger partial charge in [-0.25, -0.2) is 9.17 Å². The quantitative estimate of drug-likeness (QED) is 0.667. The Morgan fingerprint density at radius 2 is 2.00 bits per heavy atom. The van der Waals surface area contributed by atoms with E-state index in [0.29, 0.717) is 17.4 Å². The van der Waals surface area contributed by atoms with E-state index in [0.717, 1.165) is 24.3 Å². The number of aromatic nitrogens is 2. The van der Waals surface area contributed by atoms with Crippen LogP contribution in [0.25, 0.3) is 0 Å². The fourth-order valence-corrected chi connectivity index (χ4v) is 2.27. The first-order valence-electron chi connectivity index (χ1n) is 6.45. The van der Waals surface area contributed by atoms with Crippen LogP contribution in [0.4, 0.5) is 16.5 Å². The number of likely N-dealkylation sites (N-methyl/N-ethyl adjacent to an activating group) is 1. The first kappa shape index (κ1) is 17.4. The van der Waals surface area contributed by atoms with Gasteiger partial charge in [-0.2, -0.15) is 12.8 Å². The topological polar surface area (TPSA) is 106 Å². The van der Waals surface area contributed by atoms with Gasteiger partial charge in [-0.05, 0) is 24.3 Å². The summed E-state index contributed by atoms with van der Waals surface area (Å²) in [5.74, 6) is 0. The lowest BCUT2D eigenvalue weighted by molar-refractivity contribution is 0.248. The van der Waals surface area contributed by atoms with Gasteiger partial charge in [0.15, 0.2) is 0 Å². The van der Waals surface area contributed by atoms with Crippen LogP contribution in [0.5, 0.6) is 0 Å². The summed E-state index contributed by atoms with van der Waals surface area (Å²) in [5, 5.41) is 8.49. The SMILES string of the molecule is COS(=O)(=O)OCCN(C)c1ccc(N=Nc2ncns2)cc1. The molecule has 0 atom stereocenters. The van der Waals surface area contributed by atoms with E-state index in [4.69, 9.17) is 0 Å². The van der Waals surface area contributed by atoms with Crippen molar-refractivity contribution in [3.05, 3.63) is 30.6 Å². The smallest absolute Gasteiger partial charge is 0.372 e. The molecule has 1 aromatic carbocycles. The molecule has 1 aromatic heterocycles. The zero-order chi connectivity index (χ0) is 16.7. The van der Waals surface area contributed by atoms with Gasteiger partial charge in [-0.15, -0.1) is 10.2 Å². The standard InChI is InChI=1S/C12H15N5O4S2/c1-17(7-8-21-23(18,19)20-2)11-5-3-10(4-6-11)15-16-12-13-9-14-22-12/h3-6,9H,7-8H2,1-2H3. The number of hydrogen-bond acceptors (Lipinski definition) is 10. The molecule has 124 valence electrons. The number of azo groups is 1. The van der Waals surface area contributed by atoms with Crippen LogP contribution in [0.1, 0.15) is 0 Å². The summed E-state index contributed by atoms with van der Waals surface area (Å²) in [6, 6.07) is 7.28. The normalized spacial score (nSPS) is 11.9. The molecule has 23 heavy (non-hydrogen) atoms. The second kappa shape index (κ2) is 8.06. The molecule has 0 bridgehead atoms. The number of anilines is 1. The van der Waals surface area contributed by atoms with Gasteiger partial charge in [0.05, 0.1) is 19.4 Å². The minimum atomic E-state index is -3.90. The van der Waals surface area contributed by atoms with Crippen molar-refractivity contribution >= 4 is 38.4 Å². The third kappa shape index (κ3) is 5.63. The average molecular weight is 357 g/mol. The summed E-state index contributed by atoms with van der Waals surface area (Å²) in [6.45, 7) is 0.374. The van der Waals surface area contributed by atoms with Crippen molar-refractivity contribution in [3.8, 4) is 0 Å². The minimum absolute atomic E-state index is 0.00875. The lowest BCUT2D eigenvalue weighted by Crippen LogP contribution is -2.24. The van der Waals surface area contributed by atoms with Crippen molar-refractivity contribution in [2.45, 2.75) is 0 Å². The van der Waals surface area contributed by atoms with Crippen molar-refractivity contribution in [2.75, 3.05) is 32.2 Å². The molecule has 0 amide bonds. The van der Waals surface area contributed by atoms with E-state index in [1.54, 1.807) is 12.1 Å². The third-order valence-corrected chi connectivity index (χ3v) is 4.16. The molecular formula is C12H15N5O4S2. The molecule has 0 N–H and O–H groups in total. The maximum absolute atomic E-state index is 11.0. The van der Waals surface area contributed by atoms with Crippen LogP contribution in [-0.2, 0) is 18.8 Å². The maximum Gasteiger partial charge on any atom is 0.399 e. The molecule has 11 heteroatoms. The molecule has 0 radical (unpaired) electrons. The summed E-state index contributed by atoms with van der Waals surface area (Å²) >= 11 is 1.16. The summed E-state index contributed by atoms with van der Waals surface area (Å²) in [5.41, 5.74) is 1.56. The van der Waals surface area contributed by atoms with E-state index >= 15 is 0 Å². The van der Waals surface area contributed by atoms with Crippen molar-refractivity contribution < 1.29 is 16.8 Å². The largest absolute Gasteiger partial charge is 0.399 e. The number of rotatable bonds is 8. The average Bonchev–Trinajstić information content (AvgIpc) is 3.06. The minimum Gasteiger partial charge on any atom is -0.372 e. The molecule has 0 unspecified atom stereocenters. The van der Waals surface area contributed by atoms with Crippen LogP contribution >= 0.6 is 11.5 Å². The molecule has 0 fully saturated rings. The Balaban J connectivity index is 1.88. The van der Waals surface area contributed by atoms with Gasteiger partial charge in [0.25, 0.3) is 0 Å². The van der Waals surface area contributed by atoms with Crippen LogP contribution in [0, 0.1) is 0 Å². The third-order valence-electron chi connectivity index (χ3n) is 2.75. The highest BCUT2D eigenvalue weighted by Gasteiger charge is 2.09. The van der Waals surface area contributed by atoms with E-state index in [9.17, 15) is 8.42 Å². The Hall–Kier alpha value is -1.95. The zero-order valence-corrected chi connectivity index (χ0v) is 14.1. The molecule has 1 heterocycles. The molecular weight excluding hydrogens is 342 g/mol. The molecule has 0 saturated heterocycles. The van der Waals surface area contributed by atoms with Crippen LogP contribution in [0.15, 0.2) is 40.8 Å². The van der Waals surface area contributed by atoms with Gasteiger partial charge < -0.3 is 4.90 Å². The van der Waals surface area contributed by atoms with Gasteiger partial charge in [-0.1, -0.05) is 0 Å². The van der Waals surface area contributed by atoms with Crippen molar-refractivity contribution in [1.82, 2.24) is 9.36 Å². The molecule has 2 rings (SSSR count). The van der Waals surface area contributed by atoms with Gasteiger partial charge in [0.2, 0.25) is 5.13 Å². The molecule has 0 spiro atoms. The Kier molecular flexibility index (Phi) is 6.10. The Labute approximate surface area is 138 Å². The summed E-state index contributed by atoms with van der Waals surface area (Å²) < 4.78 is 34.7. The van der Waals surface area contributed by atoms with E-state index in [2.05, 4.69) is 28.0 Å². The fourth-order valence-electron chi connectivity index (χ4n) is 1.54. The molecule has 0 aliphatic rings. The second-order valence-corrected chi connectivity index (χ2v) is 6.40. The Morgan fingerprint density at radius 3 is 2.61 bits per heavy atom. The highest BCUT2D eigenvalue weighted by molar-refractivity contribution is 7.81. The maximum atomic E-state index is 11.0. The second-order valence-electron chi connectivity index (χ2n) is 4.26. The first-order chi connectivity index (χ1) is 11.0. The Bertz CT molecular complexity index is 731. The molecule has 0 aliphatic heterocycles. The highest BCUT2D eigenvalue weighted by atomic mass is 32.3. The molecule has 9 nitrogen and oxygen atoms in total. The Morgan fingerprint density at radius 1 is 1.26 bits per heavy atom. The number of hydrogen-bond donors (Lipinski definition) is 0. The molecule has 0 saturated carbocycles. The molecule has 2 aromatic rings. The van der Waals surface area contributed by atoms with E-state index in [1.807, 2.05) is 24.1 Å².